The van der Waals surface area contributed by atoms with E-state index in [0.29, 0.717) is 13.2 Å². The monoisotopic (exact) mass is 281 g/mol. The van der Waals surface area contributed by atoms with Gasteiger partial charge in [0.15, 0.2) is 11.5 Å². The van der Waals surface area contributed by atoms with Crippen molar-refractivity contribution in [2.75, 3.05) is 6.61 Å². The first-order valence-electron chi connectivity index (χ1n) is 7.17. The van der Waals surface area contributed by atoms with Crippen molar-refractivity contribution >= 4 is 10.9 Å². The van der Waals surface area contributed by atoms with Gasteiger partial charge in [-0.1, -0.05) is 30.3 Å². The molecule has 0 aliphatic heterocycles. The average molecular weight is 281 g/mol. The van der Waals surface area contributed by atoms with Crippen LogP contribution < -0.4 is 9.47 Å². The highest BCUT2D eigenvalue weighted by Gasteiger charge is 2.12. The van der Waals surface area contributed by atoms with Gasteiger partial charge in [-0.05, 0) is 30.7 Å². The lowest BCUT2D eigenvalue weighted by atomic mass is 10.2. The Bertz CT molecular complexity index is 732. The van der Waals surface area contributed by atoms with Crippen LogP contribution in [-0.2, 0) is 13.7 Å². The highest BCUT2D eigenvalue weighted by molar-refractivity contribution is 5.89. The molecule has 0 N–H and O–H groups in total. The molecule has 3 heteroatoms. The summed E-state index contributed by atoms with van der Waals surface area (Å²) in [5.41, 5.74) is 2.29. The van der Waals surface area contributed by atoms with Crippen molar-refractivity contribution in [1.82, 2.24) is 4.57 Å². The molecular weight excluding hydrogens is 262 g/mol. The molecule has 0 fully saturated rings. The summed E-state index contributed by atoms with van der Waals surface area (Å²) in [5.74, 6) is 1.62. The molecule has 0 saturated heterocycles. The Morgan fingerprint density at radius 2 is 1.76 bits per heavy atom. The fraction of sp³-hybridized carbons (Fsp3) is 0.222. The molecule has 21 heavy (non-hydrogen) atoms. The molecule has 3 rings (SSSR count). The summed E-state index contributed by atoms with van der Waals surface area (Å²) in [4.78, 5) is 0. The number of hydrogen-bond donors (Lipinski definition) is 0. The first kappa shape index (κ1) is 13.6. The van der Waals surface area contributed by atoms with Gasteiger partial charge in [0.2, 0.25) is 0 Å². The summed E-state index contributed by atoms with van der Waals surface area (Å²) >= 11 is 0. The molecule has 108 valence electrons. The van der Waals surface area contributed by atoms with E-state index in [1.807, 2.05) is 44.4 Å². The molecule has 2 aromatic carbocycles. The van der Waals surface area contributed by atoms with Crippen LogP contribution in [0.1, 0.15) is 12.5 Å². The van der Waals surface area contributed by atoms with Crippen molar-refractivity contribution < 1.29 is 9.47 Å². The lowest BCUT2D eigenvalue weighted by molar-refractivity contribution is 0.272. The number of aromatic nitrogens is 1. The molecule has 3 nitrogen and oxygen atoms in total. The van der Waals surface area contributed by atoms with Gasteiger partial charge in [0.1, 0.15) is 6.61 Å². The SMILES string of the molecule is CCOc1ccc2c(ccn2C)c1OCc1ccccc1. The van der Waals surface area contributed by atoms with Crippen LogP contribution >= 0.6 is 0 Å². The first-order chi connectivity index (χ1) is 10.3. The molecule has 0 unspecified atom stereocenters. The zero-order chi connectivity index (χ0) is 14.7. The van der Waals surface area contributed by atoms with Crippen LogP contribution in [0.4, 0.5) is 0 Å². The van der Waals surface area contributed by atoms with Crippen molar-refractivity contribution in [2.45, 2.75) is 13.5 Å². The maximum Gasteiger partial charge on any atom is 0.171 e. The fourth-order valence-corrected chi connectivity index (χ4v) is 2.45. The van der Waals surface area contributed by atoms with Gasteiger partial charge in [-0.2, -0.15) is 0 Å². The molecule has 1 heterocycles. The average Bonchev–Trinajstić information content (AvgIpc) is 2.89. The topological polar surface area (TPSA) is 23.4 Å². The molecule has 0 bridgehead atoms. The zero-order valence-corrected chi connectivity index (χ0v) is 12.4. The van der Waals surface area contributed by atoms with Gasteiger partial charge in [0, 0.05) is 18.6 Å². The van der Waals surface area contributed by atoms with Gasteiger partial charge in [0.05, 0.1) is 12.1 Å². The van der Waals surface area contributed by atoms with E-state index >= 15 is 0 Å². The largest absolute Gasteiger partial charge is 0.490 e. The Kier molecular flexibility index (Phi) is 3.82. The predicted molar refractivity (Wildman–Crippen MR) is 84.9 cm³/mol. The van der Waals surface area contributed by atoms with Crippen LogP contribution in [0.5, 0.6) is 11.5 Å². The van der Waals surface area contributed by atoms with Gasteiger partial charge in [0.25, 0.3) is 0 Å². The smallest absolute Gasteiger partial charge is 0.171 e. The van der Waals surface area contributed by atoms with E-state index in [0.717, 1.165) is 28.0 Å². The number of fused-ring (bicyclic) bond motifs is 1. The lowest BCUT2D eigenvalue weighted by Crippen LogP contribution is -2.00. The molecule has 0 amide bonds. The minimum Gasteiger partial charge on any atom is -0.490 e. The maximum atomic E-state index is 6.06. The van der Waals surface area contributed by atoms with Gasteiger partial charge in [-0.25, -0.2) is 0 Å². The van der Waals surface area contributed by atoms with Gasteiger partial charge in [-0.3, -0.25) is 0 Å². The van der Waals surface area contributed by atoms with Crippen molar-refractivity contribution in [1.29, 1.82) is 0 Å². The molecular formula is C18H19NO2. The first-order valence-corrected chi connectivity index (χ1v) is 7.17. The summed E-state index contributed by atoms with van der Waals surface area (Å²) in [6.45, 7) is 3.14. The Morgan fingerprint density at radius 3 is 2.52 bits per heavy atom. The molecule has 0 atom stereocenters. The Balaban J connectivity index is 1.96. The number of benzene rings is 2. The number of rotatable bonds is 5. The van der Waals surface area contributed by atoms with E-state index in [4.69, 9.17) is 9.47 Å². The molecule has 3 aromatic rings. The summed E-state index contributed by atoms with van der Waals surface area (Å²) in [6, 6.07) is 16.3. The van der Waals surface area contributed by atoms with Gasteiger partial charge in [-0.15, -0.1) is 0 Å². The van der Waals surface area contributed by atoms with Crippen LogP contribution in [0, 0.1) is 0 Å². The molecule has 0 saturated carbocycles. The fourth-order valence-electron chi connectivity index (χ4n) is 2.45. The Labute approximate surface area is 124 Å². The molecule has 0 aliphatic carbocycles. The standard InChI is InChI=1S/C18H19NO2/c1-3-20-17-10-9-16-15(11-12-19(16)2)18(17)21-13-14-7-5-4-6-8-14/h4-12H,3,13H2,1-2H3. The zero-order valence-electron chi connectivity index (χ0n) is 12.4. The number of aryl methyl sites for hydroxylation is 1. The van der Waals surface area contributed by atoms with Crippen LogP contribution in [0.25, 0.3) is 10.9 Å². The summed E-state index contributed by atoms with van der Waals surface area (Å²) in [6.07, 6.45) is 2.04. The van der Waals surface area contributed by atoms with Gasteiger partial charge >= 0.3 is 0 Å². The second-order valence-corrected chi connectivity index (χ2v) is 4.96. The van der Waals surface area contributed by atoms with Crippen LogP contribution in [0.2, 0.25) is 0 Å². The maximum absolute atomic E-state index is 6.06. The minimum absolute atomic E-state index is 0.537. The molecule has 0 radical (unpaired) electrons. The van der Waals surface area contributed by atoms with E-state index in [9.17, 15) is 0 Å². The minimum atomic E-state index is 0.537. The molecule has 0 aliphatic rings. The number of ether oxygens (including phenoxy) is 2. The number of hydrogen-bond acceptors (Lipinski definition) is 2. The summed E-state index contributed by atoms with van der Waals surface area (Å²) in [5, 5.41) is 1.08. The van der Waals surface area contributed by atoms with E-state index in [1.54, 1.807) is 0 Å². The third-order valence-electron chi connectivity index (χ3n) is 3.51. The van der Waals surface area contributed by atoms with E-state index in [1.165, 1.54) is 0 Å². The van der Waals surface area contributed by atoms with E-state index in [2.05, 4.69) is 28.8 Å². The van der Waals surface area contributed by atoms with Gasteiger partial charge < -0.3 is 14.0 Å². The van der Waals surface area contributed by atoms with Crippen molar-refractivity contribution in [2.24, 2.45) is 7.05 Å². The highest BCUT2D eigenvalue weighted by atomic mass is 16.5. The predicted octanol–water partition coefficient (Wildman–Crippen LogP) is 4.16. The quantitative estimate of drug-likeness (QED) is 0.701. The van der Waals surface area contributed by atoms with E-state index < -0.39 is 0 Å². The van der Waals surface area contributed by atoms with Crippen LogP contribution in [0.15, 0.2) is 54.7 Å². The third-order valence-corrected chi connectivity index (χ3v) is 3.51. The third kappa shape index (κ3) is 2.72. The summed E-state index contributed by atoms with van der Waals surface area (Å²) in [7, 11) is 2.03. The summed E-state index contributed by atoms with van der Waals surface area (Å²) < 4.78 is 13.9. The Morgan fingerprint density at radius 1 is 0.952 bits per heavy atom. The van der Waals surface area contributed by atoms with Crippen molar-refractivity contribution in [3.63, 3.8) is 0 Å². The van der Waals surface area contributed by atoms with Crippen LogP contribution in [0.3, 0.4) is 0 Å². The Hall–Kier alpha value is -2.42. The van der Waals surface area contributed by atoms with Crippen LogP contribution in [-0.4, -0.2) is 11.2 Å². The molecule has 1 aromatic heterocycles. The lowest BCUT2D eigenvalue weighted by Gasteiger charge is -2.13. The number of nitrogens with zero attached hydrogens (tertiary/aromatic N) is 1. The highest BCUT2D eigenvalue weighted by Crippen LogP contribution is 2.36. The molecule has 0 spiro atoms. The normalized spacial score (nSPS) is 10.8. The van der Waals surface area contributed by atoms with Crippen molar-refractivity contribution in [3.05, 3.63) is 60.3 Å². The van der Waals surface area contributed by atoms with Crippen molar-refractivity contribution in [3.8, 4) is 11.5 Å². The van der Waals surface area contributed by atoms with E-state index in [-0.39, 0.29) is 0 Å². The second kappa shape index (κ2) is 5.92. The second-order valence-electron chi connectivity index (χ2n) is 4.96.